The summed E-state index contributed by atoms with van der Waals surface area (Å²) in [5, 5.41) is 0. The average Bonchev–Trinajstić information content (AvgIpc) is 2.43. The molecule has 100 valence electrons. The van der Waals surface area contributed by atoms with Crippen LogP contribution in [0.2, 0.25) is 0 Å². The second-order valence-electron chi connectivity index (χ2n) is 4.20. The molecule has 2 aromatic rings. The molecule has 2 aromatic carbocycles. The van der Waals surface area contributed by atoms with Gasteiger partial charge in [0.2, 0.25) is 0 Å². The average molecular weight is 322 g/mol. The molecule has 2 N–H and O–H groups in total. The van der Waals surface area contributed by atoms with Crippen LogP contribution in [-0.2, 0) is 18.0 Å². The van der Waals surface area contributed by atoms with Crippen LogP contribution in [0.3, 0.4) is 0 Å². The second-order valence-corrected chi connectivity index (χ2v) is 5.05. The zero-order valence-corrected chi connectivity index (χ0v) is 12.3. The van der Waals surface area contributed by atoms with Gasteiger partial charge in [0.1, 0.15) is 5.75 Å². The van der Waals surface area contributed by atoms with E-state index in [9.17, 15) is 0 Å². The molecular weight excluding hydrogens is 306 g/mol. The first-order chi connectivity index (χ1) is 9.19. The van der Waals surface area contributed by atoms with E-state index >= 15 is 0 Å². The van der Waals surface area contributed by atoms with E-state index in [-0.39, 0.29) is 0 Å². The van der Waals surface area contributed by atoms with Gasteiger partial charge in [-0.15, -0.1) is 0 Å². The largest absolute Gasteiger partial charge is 0.497 e. The molecule has 0 unspecified atom stereocenters. The van der Waals surface area contributed by atoms with E-state index in [1.807, 2.05) is 42.5 Å². The van der Waals surface area contributed by atoms with Crippen LogP contribution >= 0.6 is 15.9 Å². The summed E-state index contributed by atoms with van der Waals surface area (Å²) in [6, 6.07) is 13.7. The summed E-state index contributed by atoms with van der Waals surface area (Å²) in [6.45, 7) is 1.11. The molecule has 0 aromatic heterocycles. The topological polar surface area (TPSA) is 44.5 Å². The van der Waals surface area contributed by atoms with Gasteiger partial charge in [-0.3, -0.25) is 0 Å². The summed E-state index contributed by atoms with van der Waals surface area (Å²) in [5.74, 6) is 0.851. The fraction of sp³-hybridized carbons (Fsp3) is 0.200. The van der Waals surface area contributed by atoms with Crippen molar-refractivity contribution in [3.63, 3.8) is 0 Å². The number of hydrogen-bond donors (Lipinski definition) is 1. The van der Waals surface area contributed by atoms with Gasteiger partial charge < -0.3 is 15.2 Å². The highest BCUT2D eigenvalue weighted by Gasteiger charge is 1.99. The zero-order valence-electron chi connectivity index (χ0n) is 10.7. The quantitative estimate of drug-likeness (QED) is 0.853. The molecule has 0 fully saturated rings. The van der Waals surface area contributed by atoms with E-state index in [4.69, 9.17) is 15.2 Å². The predicted octanol–water partition coefficient (Wildman–Crippen LogP) is 3.76. The summed E-state index contributed by atoms with van der Waals surface area (Å²) in [6.07, 6.45) is 0. The monoisotopic (exact) mass is 321 g/mol. The number of methoxy groups -OCH3 is 1. The first-order valence-corrected chi connectivity index (χ1v) is 6.73. The summed E-state index contributed by atoms with van der Waals surface area (Å²) in [5.41, 5.74) is 8.73. The zero-order chi connectivity index (χ0) is 13.7. The SMILES string of the molecule is COc1ccc(COCc2ccc(Br)c(N)c2)cc1. The van der Waals surface area contributed by atoms with Crippen molar-refractivity contribution in [2.24, 2.45) is 0 Å². The molecule has 0 atom stereocenters. The summed E-state index contributed by atoms with van der Waals surface area (Å²) < 4.78 is 11.7. The molecule has 0 spiro atoms. The Kier molecular flexibility index (Phi) is 4.82. The lowest BCUT2D eigenvalue weighted by Gasteiger charge is -2.07. The Balaban J connectivity index is 1.86. The van der Waals surface area contributed by atoms with Crippen LogP contribution in [0.15, 0.2) is 46.9 Å². The van der Waals surface area contributed by atoms with Crippen molar-refractivity contribution in [3.8, 4) is 5.75 Å². The highest BCUT2D eigenvalue weighted by molar-refractivity contribution is 9.10. The van der Waals surface area contributed by atoms with Crippen molar-refractivity contribution < 1.29 is 9.47 Å². The van der Waals surface area contributed by atoms with E-state index in [2.05, 4.69) is 15.9 Å². The van der Waals surface area contributed by atoms with Crippen LogP contribution in [0.5, 0.6) is 5.75 Å². The van der Waals surface area contributed by atoms with Crippen LogP contribution in [0.4, 0.5) is 5.69 Å². The fourth-order valence-electron chi connectivity index (χ4n) is 1.69. The highest BCUT2D eigenvalue weighted by Crippen LogP contribution is 2.21. The number of halogens is 1. The normalized spacial score (nSPS) is 10.4. The minimum atomic E-state index is 0.545. The van der Waals surface area contributed by atoms with Crippen molar-refractivity contribution in [1.82, 2.24) is 0 Å². The molecule has 3 nitrogen and oxygen atoms in total. The van der Waals surface area contributed by atoms with E-state index in [1.54, 1.807) is 7.11 Å². The van der Waals surface area contributed by atoms with Gasteiger partial charge in [0, 0.05) is 10.2 Å². The number of nitrogen functional groups attached to an aromatic ring is 1. The minimum Gasteiger partial charge on any atom is -0.497 e. The van der Waals surface area contributed by atoms with Crippen LogP contribution < -0.4 is 10.5 Å². The minimum absolute atomic E-state index is 0.545. The Hall–Kier alpha value is -1.52. The molecular formula is C15H16BrNO2. The Morgan fingerprint density at radius 2 is 1.63 bits per heavy atom. The summed E-state index contributed by atoms with van der Waals surface area (Å²) in [7, 11) is 1.66. The molecule has 0 aliphatic carbocycles. The third-order valence-electron chi connectivity index (χ3n) is 2.76. The number of hydrogen-bond acceptors (Lipinski definition) is 3. The van der Waals surface area contributed by atoms with Gasteiger partial charge in [-0.25, -0.2) is 0 Å². The first-order valence-electron chi connectivity index (χ1n) is 5.93. The standard InChI is InChI=1S/C15H16BrNO2/c1-18-13-5-2-11(3-6-13)9-19-10-12-4-7-14(16)15(17)8-12/h2-8H,9-10,17H2,1H3. The molecule has 0 saturated heterocycles. The molecule has 0 saturated carbocycles. The molecule has 0 aliphatic rings. The van der Waals surface area contributed by atoms with Crippen molar-refractivity contribution in [2.45, 2.75) is 13.2 Å². The van der Waals surface area contributed by atoms with E-state index in [1.165, 1.54) is 0 Å². The molecule has 0 amide bonds. The first kappa shape index (κ1) is 13.9. The Morgan fingerprint density at radius 3 is 2.26 bits per heavy atom. The molecule has 0 bridgehead atoms. The van der Waals surface area contributed by atoms with Crippen LogP contribution in [0.1, 0.15) is 11.1 Å². The Bertz CT molecular complexity index is 540. The van der Waals surface area contributed by atoms with Crippen LogP contribution in [0.25, 0.3) is 0 Å². The summed E-state index contributed by atoms with van der Waals surface area (Å²) in [4.78, 5) is 0. The predicted molar refractivity (Wildman–Crippen MR) is 80.0 cm³/mol. The maximum atomic E-state index is 5.82. The molecule has 0 aliphatic heterocycles. The second kappa shape index (κ2) is 6.59. The smallest absolute Gasteiger partial charge is 0.118 e. The number of benzene rings is 2. The third-order valence-corrected chi connectivity index (χ3v) is 3.48. The lowest BCUT2D eigenvalue weighted by Crippen LogP contribution is -1.96. The number of nitrogens with two attached hydrogens (primary N) is 1. The van der Waals surface area contributed by atoms with Gasteiger partial charge in [-0.1, -0.05) is 18.2 Å². The van der Waals surface area contributed by atoms with Crippen LogP contribution in [-0.4, -0.2) is 7.11 Å². The van der Waals surface area contributed by atoms with Crippen molar-refractivity contribution in [1.29, 1.82) is 0 Å². The van der Waals surface area contributed by atoms with Gasteiger partial charge in [0.15, 0.2) is 0 Å². The van der Waals surface area contributed by atoms with Gasteiger partial charge >= 0.3 is 0 Å². The molecule has 19 heavy (non-hydrogen) atoms. The maximum absolute atomic E-state index is 5.82. The maximum Gasteiger partial charge on any atom is 0.118 e. The lowest BCUT2D eigenvalue weighted by atomic mass is 10.2. The Labute approximate surface area is 121 Å². The number of ether oxygens (including phenoxy) is 2. The van der Waals surface area contributed by atoms with E-state index in [0.29, 0.717) is 13.2 Å². The van der Waals surface area contributed by atoms with Crippen molar-refractivity contribution in [3.05, 3.63) is 58.1 Å². The van der Waals surface area contributed by atoms with E-state index < -0.39 is 0 Å². The number of rotatable bonds is 5. The molecule has 2 rings (SSSR count). The van der Waals surface area contributed by atoms with Crippen molar-refractivity contribution in [2.75, 3.05) is 12.8 Å². The molecule has 0 heterocycles. The lowest BCUT2D eigenvalue weighted by molar-refractivity contribution is 0.107. The summed E-state index contributed by atoms with van der Waals surface area (Å²) >= 11 is 3.37. The third kappa shape index (κ3) is 3.98. The highest BCUT2D eigenvalue weighted by atomic mass is 79.9. The van der Waals surface area contributed by atoms with Gasteiger partial charge in [0.05, 0.1) is 20.3 Å². The molecule has 4 heteroatoms. The van der Waals surface area contributed by atoms with Gasteiger partial charge in [-0.2, -0.15) is 0 Å². The molecule has 0 radical (unpaired) electrons. The van der Waals surface area contributed by atoms with E-state index in [0.717, 1.165) is 27.0 Å². The van der Waals surface area contributed by atoms with Crippen LogP contribution in [0, 0.1) is 0 Å². The Morgan fingerprint density at radius 1 is 1.00 bits per heavy atom. The number of anilines is 1. The van der Waals surface area contributed by atoms with Gasteiger partial charge in [-0.05, 0) is 51.3 Å². The van der Waals surface area contributed by atoms with Gasteiger partial charge in [0.25, 0.3) is 0 Å². The van der Waals surface area contributed by atoms with Crippen molar-refractivity contribution >= 4 is 21.6 Å². The fourth-order valence-corrected chi connectivity index (χ4v) is 1.94.